The second-order valence-corrected chi connectivity index (χ2v) is 7.15. The highest BCUT2D eigenvalue weighted by Gasteiger charge is 2.28. The molecule has 1 aromatic rings. The van der Waals surface area contributed by atoms with E-state index in [9.17, 15) is 9.59 Å². The maximum absolute atomic E-state index is 12.1. The molecular formula is C18H30N4O3. The molecule has 1 atom stereocenters. The summed E-state index contributed by atoms with van der Waals surface area (Å²) in [7, 11) is 0. The van der Waals surface area contributed by atoms with E-state index < -0.39 is 0 Å². The van der Waals surface area contributed by atoms with Crippen molar-refractivity contribution in [3.05, 3.63) is 11.7 Å². The highest BCUT2D eigenvalue weighted by Crippen LogP contribution is 2.17. The summed E-state index contributed by atoms with van der Waals surface area (Å²) < 4.78 is 5.26. The Bertz CT molecular complexity index is 585. The Morgan fingerprint density at radius 3 is 2.80 bits per heavy atom. The molecule has 0 spiro atoms. The third-order valence-corrected chi connectivity index (χ3v) is 4.57. The summed E-state index contributed by atoms with van der Waals surface area (Å²) in [4.78, 5) is 32.2. The lowest BCUT2D eigenvalue weighted by molar-refractivity contribution is -0.138. The number of carbonyl (C=O) groups excluding carboxylic acids is 2. The normalized spacial score (nSPS) is 17.8. The van der Waals surface area contributed by atoms with E-state index in [-0.39, 0.29) is 17.9 Å². The Morgan fingerprint density at radius 2 is 2.16 bits per heavy atom. The zero-order chi connectivity index (χ0) is 18.4. The number of piperidine rings is 1. The van der Waals surface area contributed by atoms with Gasteiger partial charge in [-0.2, -0.15) is 4.98 Å². The van der Waals surface area contributed by atoms with E-state index in [0.29, 0.717) is 43.6 Å². The van der Waals surface area contributed by atoms with Gasteiger partial charge in [-0.25, -0.2) is 0 Å². The molecule has 2 heterocycles. The molecule has 1 unspecified atom stereocenters. The molecule has 0 saturated carbocycles. The topological polar surface area (TPSA) is 79.5 Å². The zero-order valence-corrected chi connectivity index (χ0v) is 15.8. The molecule has 0 aromatic carbocycles. The number of amides is 2. The standard InChI is InChI=1S/C18H30N4O3/c1-5-18(24)21-9-6-7-15(12-21)22(14(4)23)10-8-16-19-17(25-20-16)11-13(2)3/h13,15H,5-12H2,1-4H3. The van der Waals surface area contributed by atoms with Gasteiger partial charge in [0.25, 0.3) is 0 Å². The maximum Gasteiger partial charge on any atom is 0.226 e. The monoisotopic (exact) mass is 350 g/mol. The molecule has 0 radical (unpaired) electrons. The minimum Gasteiger partial charge on any atom is -0.341 e. The molecule has 1 saturated heterocycles. The zero-order valence-electron chi connectivity index (χ0n) is 15.8. The van der Waals surface area contributed by atoms with E-state index in [4.69, 9.17) is 4.52 Å². The third-order valence-electron chi connectivity index (χ3n) is 4.57. The first-order valence-electron chi connectivity index (χ1n) is 9.27. The Balaban J connectivity index is 1.95. The summed E-state index contributed by atoms with van der Waals surface area (Å²) in [5.74, 6) is 1.94. The quantitative estimate of drug-likeness (QED) is 0.752. The van der Waals surface area contributed by atoms with Crippen LogP contribution in [0.4, 0.5) is 0 Å². The summed E-state index contributed by atoms with van der Waals surface area (Å²) in [6, 6.07) is 0.0729. The van der Waals surface area contributed by atoms with Gasteiger partial charge in [0.2, 0.25) is 17.7 Å². The average molecular weight is 350 g/mol. The fourth-order valence-corrected chi connectivity index (χ4v) is 3.30. The fourth-order valence-electron chi connectivity index (χ4n) is 3.30. The highest BCUT2D eigenvalue weighted by atomic mass is 16.5. The predicted molar refractivity (Wildman–Crippen MR) is 93.8 cm³/mol. The molecule has 1 aliphatic rings. The Morgan fingerprint density at radius 1 is 1.40 bits per heavy atom. The number of aromatic nitrogens is 2. The van der Waals surface area contributed by atoms with Gasteiger partial charge in [-0.15, -0.1) is 0 Å². The van der Waals surface area contributed by atoms with Crippen LogP contribution >= 0.6 is 0 Å². The summed E-state index contributed by atoms with van der Waals surface area (Å²) in [6.07, 6.45) is 3.70. The lowest BCUT2D eigenvalue weighted by atomic mass is 10.0. The first-order valence-corrected chi connectivity index (χ1v) is 9.27. The molecule has 7 nitrogen and oxygen atoms in total. The predicted octanol–water partition coefficient (Wildman–Crippen LogP) is 2.06. The van der Waals surface area contributed by atoms with Crippen LogP contribution in [0, 0.1) is 5.92 Å². The van der Waals surface area contributed by atoms with Crippen molar-refractivity contribution in [3.63, 3.8) is 0 Å². The molecule has 0 aliphatic carbocycles. The summed E-state index contributed by atoms with van der Waals surface area (Å²) in [6.45, 7) is 9.63. The molecule has 7 heteroatoms. The SMILES string of the molecule is CCC(=O)N1CCCC(N(CCc2noc(CC(C)C)n2)C(C)=O)C1. The highest BCUT2D eigenvalue weighted by molar-refractivity contribution is 5.76. The Kier molecular flexibility index (Phi) is 6.96. The number of nitrogens with zero attached hydrogens (tertiary/aromatic N) is 4. The van der Waals surface area contributed by atoms with Crippen LogP contribution in [0.25, 0.3) is 0 Å². The molecule has 1 fully saturated rings. The van der Waals surface area contributed by atoms with E-state index in [0.717, 1.165) is 25.8 Å². The molecule has 0 bridgehead atoms. The van der Waals surface area contributed by atoms with Gasteiger partial charge >= 0.3 is 0 Å². The molecule has 25 heavy (non-hydrogen) atoms. The van der Waals surface area contributed by atoms with E-state index >= 15 is 0 Å². The Labute approximate surface area is 149 Å². The summed E-state index contributed by atoms with van der Waals surface area (Å²) >= 11 is 0. The molecule has 1 aliphatic heterocycles. The van der Waals surface area contributed by atoms with E-state index in [1.165, 1.54) is 0 Å². The lowest BCUT2D eigenvalue weighted by Crippen LogP contribution is -2.51. The van der Waals surface area contributed by atoms with Gasteiger partial charge in [0.1, 0.15) is 0 Å². The van der Waals surface area contributed by atoms with Crippen molar-refractivity contribution < 1.29 is 14.1 Å². The van der Waals surface area contributed by atoms with Crippen molar-refractivity contribution in [3.8, 4) is 0 Å². The summed E-state index contributed by atoms with van der Waals surface area (Å²) in [5.41, 5.74) is 0. The molecule has 2 amide bonds. The van der Waals surface area contributed by atoms with Gasteiger partial charge in [-0.1, -0.05) is 25.9 Å². The fraction of sp³-hybridized carbons (Fsp3) is 0.778. The number of carbonyl (C=O) groups is 2. The molecule has 1 aromatic heterocycles. The van der Waals surface area contributed by atoms with Gasteiger partial charge in [0.15, 0.2) is 5.82 Å². The van der Waals surface area contributed by atoms with Crippen molar-refractivity contribution in [1.29, 1.82) is 0 Å². The van der Waals surface area contributed by atoms with Gasteiger partial charge in [-0.3, -0.25) is 9.59 Å². The average Bonchev–Trinajstić information content (AvgIpc) is 3.01. The maximum atomic E-state index is 12.1. The first-order chi connectivity index (χ1) is 11.9. The first kappa shape index (κ1) is 19.4. The van der Waals surface area contributed by atoms with Crippen LogP contribution in [0.5, 0.6) is 0 Å². The van der Waals surface area contributed by atoms with Crippen LogP contribution in [0.2, 0.25) is 0 Å². The number of rotatable bonds is 7. The van der Waals surface area contributed by atoms with Crippen molar-refractivity contribution in [2.24, 2.45) is 5.92 Å². The molecule has 0 N–H and O–H groups in total. The van der Waals surface area contributed by atoms with Crippen LogP contribution < -0.4 is 0 Å². The number of likely N-dealkylation sites (tertiary alicyclic amines) is 1. The van der Waals surface area contributed by atoms with Crippen LogP contribution in [0.1, 0.15) is 58.7 Å². The van der Waals surface area contributed by atoms with Crippen LogP contribution in [0.15, 0.2) is 4.52 Å². The number of hydrogen-bond acceptors (Lipinski definition) is 5. The van der Waals surface area contributed by atoms with Crippen molar-refractivity contribution in [2.75, 3.05) is 19.6 Å². The lowest BCUT2D eigenvalue weighted by Gasteiger charge is -2.39. The smallest absolute Gasteiger partial charge is 0.226 e. The van der Waals surface area contributed by atoms with E-state index in [1.54, 1.807) is 6.92 Å². The van der Waals surface area contributed by atoms with E-state index in [1.807, 2.05) is 16.7 Å². The second kappa shape index (κ2) is 8.97. The van der Waals surface area contributed by atoms with E-state index in [2.05, 4.69) is 24.0 Å². The van der Waals surface area contributed by atoms with Crippen molar-refractivity contribution in [1.82, 2.24) is 19.9 Å². The van der Waals surface area contributed by atoms with Gasteiger partial charge in [0, 0.05) is 51.9 Å². The van der Waals surface area contributed by atoms with Crippen LogP contribution in [-0.4, -0.2) is 57.4 Å². The molecule has 140 valence electrons. The largest absolute Gasteiger partial charge is 0.341 e. The number of hydrogen-bond donors (Lipinski definition) is 0. The second-order valence-electron chi connectivity index (χ2n) is 7.15. The Hall–Kier alpha value is -1.92. The van der Waals surface area contributed by atoms with Crippen molar-refractivity contribution in [2.45, 2.75) is 65.8 Å². The minimum atomic E-state index is 0.0293. The minimum absolute atomic E-state index is 0.0293. The van der Waals surface area contributed by atoms with Crippen LogP contribution in [0.3, 0.4) is 0 Å². The third kappa shape index (κ3) is 5.54. The molecular weight excluding hydrogens is 320 g/mol. The van der Waals surface area contributed by atoms with Gasteiger partial charge < -0.3 is 14.3 Å². The van der Waals surface area contributed by atoms with Gasteiger partial charge in [0.05, 0.1) is 0 Å². The summed E-state index contributed by atoms with van der Waals surface area (Å²) in [5, 5.41) is 4.01. The van der Waals surface area contributed by atoms with Crippen LogP contribution in [-0.2, 0) is 22.4 Å². The molecule has 2 rings (SSSR count). The van der Waals surface area contributed by atoms with Gasteiger partial charge in [-0.05, 0) is 18.8 Å². The van der Waals surface area contributed by atoms with Crippen molar-refractivity contribution >= 4 is 11.8 Å².